The molecule has 2 N–H and O–H groups in total. The molecule has 0 saturated heterocycles. The molecule has 0 fully saturated rings. The number of aryl methyl sites for hydroxylation is 2. The van der Waals surface area contributed by atoms with Crippen LogP contribution < -0.4 is 14.8 Å². The van der Waals surface area contributed by atoms with E-state index in [-0.39, 0.29) is 15.7 Å². The monoisotopic (exact) mass is 410 g/mol. The molecule has 6 nitrogen and oxygen atoms in total. The molecule has 0 aromatic heterocycles. The minimum absolute atomic E-state index is 0.123. The Morgan fingerprint density at radius 3 is 2.59 bits per heavy atom. The van der Waals surface area contributed by atoms with Gasteiger partial charge in [-0.2, -0.15) is 4.72 Å². The van der Waals surface area contributed by atoms with Gasteiger partial charge >= 0.3 is 0 Å². The number of para-hydroxylation sites is 1. The lowest BCUT2D eigenvalue weighted by Gasteiger charge is -2.18. The van der Waals surface area contributed by atoms with Crippen LogP contribution in [-0.2, 0) is 21.2 Å². The van der Waals surface area contributed by atoms with Gasteiger partial charge in [-0.15, -0.1) is 0 Å². The smallest absolute Gasteiger partial charge is 0.245 e. The zero-order chi connectivity index (χ0) is 20.2. The quantitative estimate of drug-likeness (QED) is 0.731. The van der Waals surface area contributed by atoms with E-state index in [1.807, 2.05) is 32.0 Å². The molecule has 2 rings (SSSR count). The minimum Gasteiger partial charge on any atom is -0.495 e. The van der Waals surface area contributed by atoms with Crippen molar-refractivity contribution in [1.29, 1.82) is 0 Å². The van der Waals surface area contributed by atoms with Gasteiger partial charge in [0.25, 0.3) is 0 Å². The van der Waals surface area contributed by atoms with Crippen molar-refractivity contribution in [2.75, 3.05) is 12.4 Å². The molecule has 146 valence electrons. The summed E-state index contributed by atoms with van der Waals surface area (Å²) in [5, 5.41) is 3.07. The molecule has 0 bridgehead atoms. The van der Waals surface area contributed by atoms with E-state index >= 15 is 0 Å². The van der Waals surface area contributed by atoms with E-state index in [0.717, 1.165) is 17.5 Å². The Hall–Kier alpha value is -2.09. The summed E-state index contributed by atoms with van der Waals surface area (Å²) >= 11 is 5.91. The molecular weight excluding hydrogens is 388 g/mol. The zero-order valence-corrected chi connectivity index (χ0v) is 17.2. The van der Waals surface area contributed by atoms with Gasteiger partial charge in [0.15, 0.2) is 0 Å². The number of carbonyl (C=O) groups is 1. The number of rotatable bonds is 7. The molecule has 0 aliphatic carbocycles. The van der Waals surface area contributed by atoms with Crippen molar-refractivity contribution in [3.05, 3.63) is 52.5 Å². The lowest BCUT2D eigenvalue weighted by molar-refractivity contribution is -0.117. The fourth-order valence-corrected chi connectivity index (χ4v) is 4.28. The van der Waals surface area contributed by atoms with Crippen molar-refractivity contribution in [2.45, 2.75) is 38.1 Å². The number of sulfonamides is 1. The van der Waals surface area contributed by atoms with E-state index in [1.165, 1.54) is 32.2 Å². The maximum Gasteiger partial charge on any atom is 0.245 e. The van der Waals surface area contributed by atoms with Crippen molar-refractivity contribution in [3.63, 3.8) is 0 Å². The van der Waals surface area contributed by atoms with Crippen LogP contribution in [0.4, 0.5) is 5.69 Å². The number of benzene rings is 2. The van der Waals surface area contributed by atoms with Crippen LogP contribution in [0.2, 0.25) is 5.02 Å². The van der Waals surface area contributed by atoms with Crippen LogP contribution in [-0.4, -0.2) is 27.5 Å². The largest absolute Gasteiger partial charge is 0.495 e. The molecule has 0 radical (unpaired) electrons. The Bertz CT molecular complexity index is 945. The molecule has 2 aromatic rings. The number of halogens is 1. The highest BCUT2D eigenvalue weighted by Gasteiger charge is 2.26. The predicted molar refractivity (Wildman–Crippen MR) is 107 cm³/mol. The van der Waals surface area contributed by atoms with Gasteiger partial charge in [0.1, 0.15) is 10.6 Å². The summed E-state index contributed by atoms with van der Waals surface area (Å²) < 4.78 is 32.8. The average molecular weight is 411 g/mol. The molecule has 0 spiro atoms. The molecule has 0 unspecified atom stereocenters. The summed E-state index contributed by atoms with van der Waals surface area (Å²) in [5.74, 6) is -0.310. The van der Waals surface area contributed by atoms with Gasteiger partial charge in [-0.05, 0) is 49.6 Å². The van der Waals surface area contributed by atoms with Gasteiger partial charge in [0.2, 0.25) is 15.9 Å². The lowest BCUT2D eigenvalue weighted by atomic mass is 10.1. The SMILES string of the molecule is CCc1cccc(C)c1NC(=O)[C@@H](C)NS(=O)(=O)c1cc(Cl)ccc1OC. The van der Waals surface area contributed by atoms with Crippen molar-refractivity contribution in [3.8, 4) is 5.75 Å². The first-order valence-electron chi connectivity index (χ1n) is 8.44. The molecule has 0 heterocycles. The summed E-state index contributed by atoms with van der Waals surface area (Å²) in [5.41, 5.74) is 2.60. The Labute approximate surface area is 164 Å². The normalized spacial score (nSPS) is 12.5. The molecule has 0 aliphatic heterocycles. The Morgan fingerprint density at radius 2 is 1.96 bits per heavy atom. The molecule has 2 aromatic carbocycles. The number of hydrogen-bond donors (Lipinski definition) is 2. The zero-order valence-electron chi connectivity index (χ0n) is 15.7. The van der Waals surface area contributed by atoms with Crippen molar-refractivity contribution in [2.24, 2.45) is 0 Å². The Kier molecular flexibility index (Phi) is 6.86. The third-order valence-electron chi connectivity index (χ3n) is 4.13. The van der Waals surface area contributed by atoms with Crippen LogP contribution in [0.5, 0.6) is 5.75 Å². The molecule has 1 atom stereocenters. The number of hydrogen-bond acceptors (Lipinski definition) is 4. The van der Waals surface area contributed by atoms with Gasteiger partial charge in [-0.1, -0.05) is 36.7 Å². The third-order valence-corrected chi connectivity index (χ3v) is 5.93. The fourth-order valence-electron chi connectivity index (χ4n) is 2.64. The summed E-state index contributed by atoms with van der Waals surface area (Å²) in [6.07, 6.45) is 0.747. The number of methoxy groups -OCH3 is 1. The van der Waals surface area contributed by atoms with Crippen LogP contribution in [0, 0.1) is 6.92 Å². The Morgan fingerprint density at radius 1 is 1.26 bits per heavy atom. The number of carbonyl (C=O) groups excluding carboxylic acids is 1. The second-order valence-corrected chi connectivity index (χ2v) is 8.21. The first-order valence-corrected chi connectivity index (χ1v) is 10.3. The average Bonchev–Trinajstić information content (AvgIpc) is 2.62. The maximum atomic E-state index is 12.7. The first kappa shape index (κ1) is 21.2. The third kappa shape index (κ3) is 5.00. The van der Waals surface area contributed by atoms with E-state index in [4.69, 9.17) is 16.3 Å². The highest BCUT2D eigenvalue weighted by Crippen LogP contribution is 2.27. The van der Waals surface area contributed by atoms with Crippen LogP contribution in [0.25, 0.3) is 0 Å². The fraction of sp³-hybridized carbons (Fsp3) is 0.316. The molecule has 1 amide bonds. The number of amides is 1. The molecule has 0 saturated carbocycles. The molecular formula is C19H23ClN2O4S. The summed E-state index contributed by atoms with van der Waals surface area (Å²) in [4.78, 5) is 12.4. The van der Waals surface area contributed by atoms with Crippen LogP contribution in [0.15, 0.2) is 41.3 Å². The van der Waals surface area contributed by atoms with Gasteiger partial charge in [0.05, 0.1) is 13.2 Å². The second kappa shape index (κ2) is 8.73. The van der Waals surface area contributed by atoms with Crippen molar-refractivity contribution in [1.82, 2.24) is 4.72 Å². The van der Waals surface area contributed by atoms with Gasteiger partial charge in [-0.25, -0.2) is 8.42 Å². The summed E-state index contributed by atoms with van der Waals surface area (Å²) in [7, 11) is -2.64. The topological polar surface area (TPSA) is 84.5 Å². The van der Waals surface area contributed by atoms with E-state index in [2.05, 4.69) is 10.0 Å². The van der Waals surface area contributed by atoms with Crippen molar-refractivity contribution >= 4 is 33.2 Å². The number of anilines is 1. The standard InChI is InChI=1S/C19H23ClN2O4S/c1-5-14-8-6-7-12(2)18(14)21-19(23)13(3)22-27(24,25)17-11-15(20)9-10-16(17)26-4/h6-11,13,22H,5H2,1-4H3,(H,21,23)/t13-/m1/s1. The van der Waals surface area contributed by atoms with Gasteiger partial charge < -0.3 is 10.1 Å². The molecule has 0 aliphatic rings. The lowest BCUT2D eigenvalue weighted by Crippen LogP contribution is -2.41. The van der Waals surface area contributed by atoms with Crippen LogP contribution in [0.3, 0.4) is 0 Å². The second-order valence-electron chi connectivity index (χ2n) is 6.09. The predicted octanol–water partition coefficient (Wildman–Crippen LogP) is 3.52. The van der Waals surface area contributed by atoms with Crippen LogP contribution >= 0.6 is 11.6 Å². The molecule has 8 heteroatoms. The summed E-state index contributed by atoms with van der Waals surface area (Å²) in [6, 6.07) is 9.01. The van der Waals surface area contributed by atoms with Gasteiger partial charge in [-0.3, -0.25) is 4.79 Å². The van der Waals surface area contributed by atoms with Crippen molar-refractivity contribution < 1.29 is 17.9 Å². The Balaban J connectivity index is 2.23. The highest BCUT2D eigenvalue weighted by molar-refractivity contribution is 7.89. The van der Waals surface area contributed by atoms with E-state index < -0.39 is 22.0 Å². The van der Waals surface area contributed by atoms with Crippen LogP contribution in [0.1, 0.15) is 25.0 Å². The maximum absolute atomic E-state index is 12.7. The van der Waals surface area contributed by atoms with Gasteiger partial charge in [0, 0.05) is 10.7 Å². The highest BCUT2D eigenvalue weighted by atomic mass is 35.5. The summed E-state index contributed by atoms with van der Waals surface area (Å²) in [6.45, 7) is 5.36. The molecule has 27 heavy (non-hydrogen) atoms. The van der Waals surface area contributed by atoms with E-state index in [0.29, 0.717) is 5.69 Å². The first-order chi connectivity index (χ1) is 12.7. The number of ether oxygens (including phenoxy) is 1. The minimum atomic E-state index is -4.01. The van der Waals surface area contributed by atoms with E-state index in [9.17, 15) is 13.2 Å². The van der Waals surface area contributed by atoms with E-state index in [1.54, 1.807) is 0 Å². The number of nitrogens with one attached hydrogen (secondary N) is 2.